The molecule has 4 heteroatoms. The number of nitrogens with two attached hydrogens (primary N) is 1. The minimum atomic E-state index is -0.447. The first-order chi connectivity index (χ1) is 7.85. The topological polar surface area (TPSA) is 52.7 Å². The Morgan fingerprint density at radius 2 is 1.94 bits per heavy atom. The molecule has 1 aliphatic rings. The van der Waals surface area contributed by atoms with Crippen LogP contribution in [-0.4, -0.2) is 66.3 Å². The Morgan fingerprint density at radius 1 is 1.41 bits per heavy atom. The monoisotopic (exact) mass is 243 g/mol. The Morgan fingerprint density at radius 3 is 2.35 bits per heavy atom. The van der Waals surface area contributed by atoms with E-state index in [-0.39, 0.29) is 6.61 Å². The van der Waals surface area contributed by atoms with E-state index in [1.165, 1.54) is 12.8 Å². The minimum Gasteiger partial charge on any atom is -0.394 e. The molecule has 0 aliphatic carbocycles. The van der Waals surface area contributed by atoms with Crippen molar-refractivity contribution in [2.75, 3.05) is 33.8 Å². The van der Waals surface area contributed by atoms with Crippen molar-refractivity contribution in [1.82, 2.24) is 9.80 Å². The highest BCUT2D eigenvalue weighted by Gasteiger charge is 2.28. The fourth-order valence-corrected chi connectivity index (χ4v) is 2.71. The molecule has 1 rings (SSSR count). The van der Waals surface area contributed by atoms with Gasteiger partial charge in [-0.05, 0) is 60.3 Å². The molecule has 1 fully saturated rings. The zero-order valence-corrected chi connectivity index (χ0v) is 11.8. The Kier molecular flexibility index (Phi) is 5.38. The number of likely N-dealkylation sites (tertiary alicyclic amines) is 1. The molecule has 0 aromatic heterocycles. The van der Waals surface area contributed by atoms with Crippen LogP contribution in [0.1, 0.15) is 33.1 Å². The van der Waals surface area contributed by atoms with E-state index < -0.39 is 5.54 Å². The highest BCUT2D eigenvalue weighted by atomic mass is 16.3. The van der Waals surface area contributed by atoms with E-state index in [9.17, 15) is 5.11 Å². The summed E-state index contributed by atoms with van der Waals surface area (Å²) in [6.45, 7) is 6.50. The summed E-state index contributed by atoms with van der Waals surface area (Å²) in [6.07, 6.45) is 3.33. The summed E-state index contributed by atoms with van der Waals surface area (Å²) in [6, 6.07) is 1.18. The molecule has 1 aliphatic heterocycles. The molecule has 0 spiro atoms. The van der Waals surface area contributed by atoms with Gasteiger partial charge in [-0.1, -0.05) is 0 Å². The highest BCUT2D eigenvalue weighted by molar-refractivity contribution is 4.86. The lowest BCUT2D eigenvalue weighted by atomic mass is 9.93. The third-order valence-corrected chi connectivity index (χ3v) is 3.98. The second-order valence-electron chi connectivity index (χ2n) is 6.10. The third kappa shape index (κ3) is 4.54. The van der Waals surface area contributed by atoms with Crippen LogP contribution in [0.25, 0.3) is 0 Å². The average Bonchev–Trinajstić information content (AvgIpc) is 2.28. The lowest BCUT2D eigenvalue weighted by Gasteiger charge is -2.40. The Bertz CT molecular complexity index is 223. The fraction of sp³-hybridized carbons (Fsp3) is 1.00. The molecule has 0 bridgehead atoms. The predicted molar refractivity (Wildman–Crippen MR) is 72.0 cm³/mol. The second kappa shape index (κ2) is 6.14. The van der Waals surface area contributed by atoms with Gasteiger partial charge >= 0.3 is 0 Å². The molecule has 1 heterocycles. The predicted octanol–water partition coefficient (Wildman–Crippen LogP) is 0.501. The molecule has 4 nitrogen and oxygen atoms in total. The molecule has 1 saturated heterocycles. The summed E-state index contributed by atoms with van der Waals surface area (Å²) >= 11 is 0. The van der Waals surface area contributed by atoms with Crippen molar-refractivity contribution in [3.05, 3.63) is 0 Å². The number of aliphatic hydroxyl groups excluding tert-OH is 1. The van der Waals surface area contributed by atoms with Gasteiger partial charge in [0.25, 0.3) is 0 Å². The Labute approximate surface area is 106 Å². The molecule has 17 heavy (non-hydrogen) atoms. The van der Waals surface area contributed by atoms with Crippen molar-refractivity contribution in [3.63, 3.8) is 0 Å². The first kappa shape index (κ1) is 14.9. The number of aliphatic hydroxyl groups is 1. The van der Waals surface area contributed by atoms with Crippen LogP contribution >= 0.6 is 0 Å². The van der Waals surface area contributed by atoms with Gasteiger partial charge in [0.05, 0.1) is 6.61 Å². The third-order valence-electron chi connectivity index (χ3n) is 3.98. The molecular weight excluding hydrogens is 214 g/mol. The van der Waals surface area contributed by atoms with Crippen molar-refractivity contribution in [1.29, 1.82) is 0 Å². The van der Waals surface area contributed by atoms with Crippen molar-refractivity contribution >= 4 is 0 Å². The molecule has 0 radical (unpaired) electrons. The number of rotatable bonds is 5. The molecular formula is C13H29N3O. The maximum absolute atomic E-state index is 9.21. The summed E-state index contributed by atoms with van der Waals surface area (Å²) in [7, 11) is 4.32. The Hall–Kier alpha value is -0.160. The van der Waals surface area contributed by atoms with Crippen LogP contribution in [0.3, 0.4) is 0 Å². The minimum absolute atomic E-state index is 0.0610. The first-order valence-corrected chi connectivity index (χ1v) is 6.66. The van der Waals surface area contributed by atoms with Crippen LogP contribution < -0.4 is 5.73 Å². The lowest BCUT2D eigenvalue weighted by Crippen LogP contribution is -2.50. The van der Waals surface area contributed by atoms with Crippen LogP contribution in [-0.2, 0) is 0 Å². The van der Waals surface area contributed by atoms with Gasteiger partial charge in [0.1, 0.15) is 0 Å². The van der Waals surface area contributed by atoms with Gasteiger partial charge < -0.3 is 20.6 Å². The summed E-state index contributed by atoms with van der Waals surface area (Å²) in [4.78, 5) is 4.82. The van der Waals surface area contributed by atoms with Crippen LogP contribution in [0.15, 0.2) is 0 Å². The summed E-state index contributed by atoms with van der Waals surface area (Å²) in [5.41, 5.74) is 5.57. The standard InChI is InChI=1S/C13H29N3O/c1-11(9-13(2,14)10-17)16-7-5-12(6-8-16)15(3)4/h11-12,17H,5-10,14H2,1-4H3. The van der Waals surface area contributed by atoms with Crippen LogP contribution in [0.2, 0.25) is 0 Å². The second-order valence-corrected chi connectivity index (χ2v) is 6.10. The van der Waals surface area contributed by atoms with E-state index >= 15 is 0 Å². The molecule has 0 amide bonds. The highest BCUT2D eigenvalue weighted by Crippen LogP contribution is 2.20. The van der Waals surface area contributed by atoms with Gasteiger partial charge in [0, 0.05) is 17.6 Å². The SMILES string of the molecule is CC(CC(C)(N)CO)N1CCC(N(C)C)CC1. The molecule has 0 aromatic carbocycles. The maximum Gasteiger partial charge on any atom is 0.0609 e. The van der Waals surface area contributed by atoms with Gasteiger partial charge in [0.2, 0.25) is 0 Å². The summed E-state index contributed by atoms with van der Waals surface area (Å²) < 4.78 is 0. The summed E-state index contributed by atoms with van der Waals surface area (Å²) in [5, 5.41) is 9.21. The van der Waals surface area contributed by atoms with Crippen molar-refractivity contribution in [3.8, 4) is 0 Å². The van der Waals surface area contributed by atoms with Crippen molar-refractivity contribution in [2.45, 2.75) is 50.7 Å². The molecule has 0 saturated carbocycles. The normalized spacial score (nSPS) is 24.9. The number of nitrogens with zero attached hydrogens (tertiary/aromatic N) is 2. The quantitative estimate of drug-likeness (QED) is 0.738. The van der Waals surface area contributed by atoms with E-state index in [2.05, 4.69) is 30.8 Å². The first-order valence-electron chi connectivity index (χ1n) is 6.66. The fourth-order valence-electron chi connectivity index (χ4n) is 2.71. The van der Waals surface area contributed by atoms with Gasteiger partial charge in [0.15, 0.2) is 0 Å². The van der Waals surface area contributed by atoms with E-state index in [1.54, 1.807) is 0 Å². The molecule has 0 aromatic rings. The van der Waals surface area contributed by atoms with Gasteiger partial charge in [-0.3, -0.25) is 0 Å². The van der Waals surface area contributed by atoms with E-state index in [0.29, 0.717) is 6.04 Å². The average molecular weight is 243 g/mol. The van der Waals surface area contributed by atoms with E-state index in [1.807, 2.05) is 6.92 Å². The largest absolute Gasteiger partial charge is 0.394 e. The summed E-state index contributed by atoms with van der Waals surface area (Å²) in [5.74, 6) is 0. The van der Waals surface area contributed by atoms with E-state index in [4.69, 9.17) is 5.73 Å². The van der Waals surface area contributed by atoms with E-state index in [0.717, 1.165) is 25.6 Å². The van der Waals surface area contributed by atoms with Crippen molar-refractivity contribution in [2.24, 2.45) is 5.73 Å². The van der Waals surface area contributed by atoms with Crippen LogP contribution in [0, 0.1) is 0 Å². The van der Waals surface area contributed by atoms with Crippen LogP contribution in [0.4, 0.5) is 0 Å². The zero-order valence-electron chi connectivity index (χ0n) is 11.8. The lowest BCUT2D eigenvalue weighted by molar-refractivity contribution is 0.0897. The number of hydrogen-bond donors (Lipinski definition) is 2. The van der Waals surface area contributed by atoms with Gasteiger partial charge in [-0.25, -0.2) is 0 Å². The van der Waals surface area contributed by atoms with Gasteiger partial charge in [-0.15, -0.1) is 0 Å². The maximum atomic E-state index is 9.21. The smallest absolute Gasteiger partial charge is 0.0609 e. The van der Waals surface area contributed by atoms with Crippen LogP contribution in [0.5, 0.6) is 0 Å². The van der Waals surface area contributed by atoms with Crippen molar-refractivity contribution < 1.29 is 5.11 Å². The van der Waals surface area contributed by atoms with Gasteiger partial charge in [-0.2, -0.15) is 0 Å². The number of hydrogen-bond acceptors (Lipinski definition) is 4. The number of piperidine rings is 1. The molecule has 2 atom stereocenters. The molecule has 2 unspecified atom stereocenters. The Balaban J connectivity index is 2.38. The molecule has 3 N–H and O–H groups in total. The zero-order chi connectivity index (χ0) is 13.1. The molecule has 102 valence electrons.